The van der Waals surface area contributed by atoms with Crippen LogP contribution in [0.25, 0.3) is 0 Å². The van der Waals surface area contributed by atoms with Crippen LogP contribution < -0.4 is 0 Å². The van der Waals surface area contributed by atoms with Crippen molar-refractivity contribution in [2.75, 3.05) is 0 Å². The van der Waals surface area contributed by atoms with Crippen molar-refractivity contribution in [1.82, 2.24) is 0 Å². The zero-order chi connectivity index (χ0) is 20.4. The maximum absolute atomic E-state index is 11.4. The van der Waals surface area contributed by atoms with Gasteiger partial charge in [0, 0.05) is 0 Å². The molecule has 0 amide bonds. The zero-order valence-electron chi connectivity index (χ0n) is 18.0. The van der Waals surface area contributed by atoms with Gasteiger partial charge in [-0.05, 0) is 25.7 Å². The summed E-state index contributed by atoms with van der Waals surface area (Å²) >= 11 is 0. The summed E-state index contributed by atoms with van der Waals surface area (Å²) in [4.78, 5) is 0. The average Bonchev–Trinajstić information content (AvgIpc) is 2.61. The molecular formula is C22H46O4S. The molecular weight excluding hydrogens is 360 g/mol. The summed E-state index contributed by atoms with van der Waals surface area (Å²) in [5.74, 6) is 0. The molecule has 0 rings (SSSR count). The summed E-state index contributed by atoms with van der Waals surface area (Å²) in [7, 11) is -3.99. The van der Waals surface area contributed by atoms with Crippen molar-refractivity contribution >= 4 is 10.1 Å². The van der Waals surface area contributed by atoms with E-state index in [1.165, 1.54) is 64.2 Å². The molecule has 0 spiro atoms. The number of rotatable bonds is 20. The molecule has 0 radical (unpaired) electrons. The zero-order valence-corrected chi connectivity index (χ0v) is 18.8. The van der Waals surface area contributed by atoms with E-state index in [1.54, 1.807) is 0 Å². The van der Waals surface area contributed by atoms with E-state index in [-0.39, 0.29) is 0 Å². The van der Waals surface area contributed by atoms with Crippen LogP contribution in [-0.4, -0.2) is 29.4 Å². The molecule has 27 heavy (non-hydrogen) atoms. The topological polar surface area (TPSA) is 74.6 Å². The van der Waals surface area contributed by atoms with Crippen molar-refractivity contribution in [2.45, 2.75) is 141 Å². The van der Waals surface area contributed by atoms with Crippen molar-refractivity contribution < 1.29 is 18.1 Å². The Bertz CT molecular complexity index is 409. The van der Waals surface area contributed by atoms with Gasteiger partial charge in [0.2, 0.25) is 0 Å². The van der Waals surface area contributed by atoms with Gasteiger partial charge in [-0.25, -0.2) is 0 Å². The molecule has 0 saturated heterocycles. The maximum Gasteiger partial charge on any atom is 0.267 e. The summed E-state index contributed by atoms with van der Waals surface area (Å²) in [6, 6.07) is 0. The van der Waals surface area contributed by atoms with Gasteiger partial charge in [0.05, 0.1) is 11.4 Å². The van der Waals surface area contributed by atoms with Gasteiger partial charge in [-0.3, -0.25) is 4.55 Å². The van der Waals surface area contributed by atoms with Crippen LogP contribution in [0.5, 0.6) is 0 Å². The van der Waals surface area contributed by atoms with Crippen LogP contribution in [0.15, 0.2) is 0 Å². The molecule has 0 aliphatic heterocycles. The maximum atomic E-state index is 11.4. The van der Waals surface area contributed by atoms with E-state index in [9.17, 15) is 18.1 Å². The fraction of sp³-hybridized carbons (Fsp3) is 1.00. The molecule has 0 aromatic rings. The van der Waals surface area contributed by atoms with Crippen LogP contribution in [0.4, 0.5) is 0 Å². The van der Waals surface area contributed by atoms with Crippen LogP contribution >= 0.6 is 0 Å². The molecule has 0 heterocycles. The molecule has 0 bridgehead atoms. The molecule has 0 aliphatic rings. The van der Waals surface area contributed by atoms with Crippen molar-refractivity contribution in [3.05, 3.63) is 0 Å². The number of hydrogen-bond donors (Lipinski definition) is 2. The van der Waals surface area contributed by atoms with Crippen LogP contribution in [0.2, 0.25) is 0 Å². The van der Waals surface area contributed by atoms with E-state index in [0.717, 1.165) is 32.1 Å². The molecule has 0 fully saturated rings. The first-order valence-corrected chi connectivity index (χ1v) is 13.1. The first kappa shape index (κ1) is 26.9. The second-order valence-corrected chi connectivity index (χ2v) is 9.88. The van der Waals surface area contributed by atoms with E-state index in [1.807, 2.05) is 6.92 Å². The van der Waals surface area contributed by atoms with Gasteiger partial charge in [0.15, 0.2) is 0 Å². The minimum Gasteiger partial charge on any atom is -0.393 e. The van der Waals surface area contributed by atoms with Crippen molar-refractivity contribution in [2.24, 2.45) is 0 Å². The fourth-order valence-electron chi connectivity index (χ4n) is 3.62. The van der Waals surface area contributed by atoms with Crippen LogP contribution in [0.3, 0.4) is 0 Å². The van der Waals surface area contributed by atoms with E-state index in [4.69, 9.17) is 0 Å². The lowest BCUT2D eigenvalue weighted by Gasteiger charge is -2.16. The lowest BCUT2D eigenvalue weighted by atomic mass is 10.0. The SMILES string of the molecule is CCCCCCCCCCCCCCC(O)CCC(CCCC)S(=O)(=O)O. The Labute approximate surface area is 169 Å². The Morgan fingerprint density at radius 3 is 1.48 bits per heavy atom. The van der Waals surface area contributed by atoms with Crippen LogP contribution in [0, 0.1) is 0 Å². The number of aliphatic hydroxyl groups is 1. The van der Waals surface area contributed by atoms with Crippen molar-refractivity contribution in [3.63, 3.8) is 0 Å². The average molecular weight is 407 g/mol. The Morgan fingerprint density at radius 1 is 0.593 bits per heavy atom. The van der Waals surface area contributed by atoms with Crippen molar-refractivity contribution in [3.8, 4) is 0 Å². The molecule has 164 valence electrons. The summed E-state index contributed by atoms with van der Waals surface area (Å²) in [5.41, 5.74) is 0. The van der Waals surface area contributed by atoms with Gasteiger partial charge in [0.25, 0.3) is 10.1 Å². The molecule has 0 aliphatic carbocycles. The predicted octanol–water partition coefficient (Wildman–Crippen LogP) is 6.67. The lowest BCUT2D eigenvalue weighted by Crippen LogP contribution is -2.22. The van der Waals surface area contributed by atoms with Gasteiger partial charge in [-0.2, -0.15) is 8.42 Å². The summed E-state index contributed by atoms with van der Waals surface area (Å²) in [6.07, 6.45) is 18.9. The largest absolute Gasteiger partial charge is 0.393 e. The molecule has 0 aromatic heterocycles. The van der Waals surface area contributed by atoms with Gasteiger partial charge >= 0.3 is 0 Å². The third-order valence-electron chi connectivity index (χ3n) is 5.51. The lowest BCUT2D eigenvalue weighted by molar-refractivity contribution is 0.147. The molecule has 4 nitrogen and oxygen atoms in total. The van der Waals surface area contributed by atoms with Gasteiger partial charge < -0.3 is 5.11 Å². The number of hydrogen-bond acceptors (Lipinski definition) is 3. The normalized spacial score (nSPS) is 14.4. The molecule has 0 aromatic carbocycles. The summed E-state index contributed by atoms with van der Waals surface area (Å²) in [5, 5.41) is 9.36. The second-order valence-electron chi connectivity index (χ2n) is 8.19. The highest BCUT2D eigenvalue weighted by molar-refractivity contribution is 7.86. The number of aliphatic hydroxyl groups excluding tert-OH is 1. The third-order valence-corrected chi connectivity index (χ3v) is 6.83. The standard InChI is InChI=1S/C22H46O4S/c1-3-5-7-8-9-10-11-12-13-14-15-16-17-21(23)19-20-22(18-6-4-2)27(24,25)26/h21-23H,3-20H2,1-2H3,(H,24,25,26). The quantitative estimate of drug-likeness (QED) is 0.175. The third kappa shape index (κ3) is 17.7. The Morgan fingerprint density at radius 2 is 1.04 bits per heavy atom. The fourth-order valence-corrected chi connectivity index (χ4v) is 4.52. The molecule has 0 saturated carbocycles. The highest BCUT2D eigenvalue weighted by Crippen LogP contribution is 2.19. The second kappa shape index (κ2) is 17.9. The summed E-state index contributed by atoms with van der Waals surface area (Å²) in [6.45, 7) is 4.26. The van der Waals surface area contributed by atoms with Gasteiger partial charge in [-0.15, -0.1) is 0 Å². The van der Waals surface area contributed by atoms with Gasteiger partial charge in [-0.1, -0.05) is 104 Å². The summed E-state index contributed by atoms with van der Waals surface area (Å²) < 4.78 is 32.1. The first-order chi connectivity index (χ1) is 12.9. The van der Waals surface area contributed by atoms with E-state index in [2.05, 4.69) is 6.92 Å². The molecule has 2 unspecified atom stereocenters. The monoisotopic (exact) mass is 406 g/mol. The Kier molecular flexibility index (Phi) is 17.8. The number of unbranched alkanes of at least 4 members (excludes halogenated alkanes) is 12. The Hall–Kier alpha value is -0.130. The highest BCUT2D eigenvalue weighted by Gasteiger charge is 2.23. The first-order valence-electron chi connectivity index (χ1n) is 11.6. The highest BCUT2D eigenvalue weighted by atomic mass is 32.2. The van der Waals surface area contributed by atoms with E-state index >= 15 is 0 Å². The predicted molar refractivity (Wildman–Crippen MR) is 116 cm³/mol. The van der Waals surface area contributed by atoms with Crippen LogP contribution in [-0.2, 0) is 10.1 Å². The Balaban J connectivity index is 3.56. The van der Waals surface area contributed by atoms with Crippen LogP contribution in [0.1, 0.15) is 129 Å². The van der Waals surface area contributed by atoms with Crippen molar-refractivity contribution in [1.29, 1.82) is 0 Å². The van der Waals surface area contributed by atoms with Gasteiger partial charge in [0.1, 0.15) is 0 Å². The minimum absolute atomic E-state index is 0.359. The molecule has 2 atom stereocenters. The van der Waals surface area contributed by atoms with E-state index in [0.29, 0.717) is 19.3 Å². The minimum atomic E-state index is -3.99. The molecule has 2 N–H and O–H groups in total. The molecule has 5 heteroatoms. The smallest absolute Gasteiger partial charge is 0.267 e. The van der Waals surface area contributed by atoms with E-state index < -0.39 is 21.5 Å².